The molecule has 1 aromatic heterocycles. The molecular formula is C13H14ClNOS. The van der Waals surface area contributed by atoms with Crippen molar-refractivity contribution in [1.82, 2.24) is 4.98 Å². The molecule has 0 bridgehead atoms. The lowest BCUT2D eigenvalue weighted by molar-refractivity contribution is 0.286. The highest BCUT2D eigenvalue weighted by Gasteiger charge is 2.11. The van der Waals surface area contributed by atoms with Gasteiger partial charge in [0.25, 0.3) is 0 Å². The fourth-order valence-corrected chi connectivity index (χ4v) is 2.80. The molecule has 90 valence electrons. The fourth-order valence-electron chi connectivity index (χ4n) is 1.77. The molecule has 0 fully saturated rings. The Kier molecular flexibility index (Phi) is 4.15. The number of aryl methyl sites for hydroxylation is 1. The van der Waals surface area contributed by atoms with Crippen molar-refractivity contribution in [2.24, 2.45) is 0 Å². The number of rotatable bonds is 4. The first-order valence-corrected chi connectivity index (χ1v) is 6.79. The predicted octanol–water partition coefficient (Wildman–Crippen LogP) is 3.91. The topological polar surface area (TPSA) is 33.1 Å². The molecule has 1 heterocycles. The van der Waals surface area contributed by atoms with Gasteiger partial charge in [0.05, 0.1) is 17.2 Å². The van der Waals surface area contributed by atoms with E-state index in [4.69, 9.17) is 11.6 Å². The summed E-state index contributed by atoms with van der Waals surface area (Å²) in [4.78, 5) is 5.07. The number of aliphatic hydroxyl groups is 1. The first kappa shape index (κ1) is 12.6. The van der Waals surface area contributed by atoms with Crippen LogP contribution in [0.2, 0.25) is 4.47 Å². The van der Waals surface area contributed by atoms with Crippen LogP contribution in [0.1, 0.15) is 23.8 Å². The van der Waals surface area contributed by atoms with Crippen molar-refractivity contribution in [2.45, 2.75) is 26.4 Å². The number of nitrogens with zero attached hydrogens (tertiary/aromatic N) is 1. The van der Waals surface area contributed by atoms with Crippen LogP contribution >= 0.6 is 22.9 Å². The summed E-state index contributed by atoms with van der Waals surface area (Å²) in [6.07, 6.45) is 2.23. The second kappa shape index (κ2) is 5.63. The third kappa shape index (κ3) is 2.86. The molecular weight excluding hydrogens is 254 g/mol. The van der Waals surface area contributed by atoms with Gasteiger partial charge >= 0.3 is 0 Å². The first-order chi connectivity index (χ1) is 8.24. The standard InChI is InChI=1S/C13H14ClNOS/c1-2-3-9-4-6-10(7-5-9)12-11(8-16)17-13(14)15-12/h4-7,16H,2-3,8H2,1H3. The quantitative estimate of drug-likeness (QED) is 0.911. The summed E-state index contributed by atoms with van der Waals surface area (Å²) in [5.74, 6) is 0. The lowest BCUT2D eigenvalue weighted by Crippen LogP contribution is -1.87. The Morgan fingerprint density at radius 2 is 2.00 bits per heavy atom. The lowest BCUT2D eigenvalue weighted by atomic mass is 10.1. The second-order valence-electron chi connectivity index (χ2n) is 3.84. The lowest BCUT2D eigenvalue weighted by Gasteiger charge is -2.02. The molecule has 0 radical (unpaired) electrons. The second-order valence-corrected chi connectivity index (χ2v) is 5.51. The molecule has 0 atom stereocenters. The molecule has 0 amide bonds. The highest BCUT2D eigenvalue weighted by Crippen LogP contribution is 2.31. The number of aromatic nitrogens is 1. The highest BCUT2D eigenvalue weighted by atomic mass is 35.5. The van der Waals surface area contributed by atoms with Gasteiger partial charge in [0, 0.05) is 5.56 Å². The number of benzene rings is 1. The van der Waals surface area contributed by atoms with Gasteiger partial charge < -0.3 is 5.11 Å². The molecule has 2 rings (SSSR count). The zero-order valence-corrected chi connectivity index (χ0v) is 11.2. The Labute approximate surface area is 110 Å². The fraction of sp³-hybridized carbons (Fsp3) is 0.308. The summed E-state index contributed by atoms with van der Waals surface area (Å²) in [7, 11) is 0. The molecule has 0 spiro atoms. The van der Waals surface area contributed by atoms with Gasteiger partial charge in [-0.25, -0.2) is 4.98 Å². The largest absolute Gasteiger partial charge is 0.391 e. The van der Waals surface area contributed by atoms with Crippen LogP contribution in [0.25, 0.3) is 11.3 Å². The van der Waals surface area contributed by atoms with Crippen LogP contribution in [0.15, 0.2) is 24.3 Å². The van der Waals surface area contributed by atoms with Crippen LogP contribution in [0.3, 0.4) is 0 Å². The van der Waals surface area contributed by atoms with Gasteiger partial charge in [0.15, 0.2) is 4.47 Å². The third-order valence-electron chi connectivity index (χ3n) is 2.58. The zero-order chi connectivity index (χ0) is 12.3. The van der Waals surface area contributed by atoms with E-state index in [1.807, 2.05) is 12.1 Å². The van der Waals surface area contributed by atoms with Crippen molar-refractivity contribution in [1.29, 1.82) is 0 Å². The van der Waals surface area contributed by atoms with Gasteiger partial charge in [-0.15, -0.1) is 11.3 Å². The molecule has 0 aliphatic rings. The normalized spacial score (nSPS) is 10.8. The van der Waals surface area contributed by atoms with E-state index in [1.165, 1.54) is 16.9 Å². The van der Waals surface area contributed by atoms with Gasteiger partial charge in [0.1, 0.15) is 0 Å². The van der Waals surface area contributed by atoms with Crippen molar-refractivity contribution in [2.75, 3.05) is 0 Å². The Balaban J connectivity index is 2.32. The van der Waals surface area contributed by atoms with Gasteiger partial charge in [-0.05, 0) is 12.0 Å². The summed E-state index contributed by atoms with van der Waals surface area (Å²) in [5, 5.41) is 9.24. The molecule has 4 heteroatoms. The molecule has 17 heavy (non-hydrogen) atoms. The summed E-state index contributed by atoms with van der Waals surface area (Å²) in [5.41, 5.74) is 3.13. The first-order valence-electron chi connectivity index (χ1n) is 5.60. The van der Waals surface area contributed by atoms with Crippen LogP contribution in [-0.4, -0.2) is 10.1 Å². The number of hydrogen-bond acceptors (Lipinski definition) is 3. The zero-order valence-electron chi connectivity index (χ0n) is 9.61. The number of hydrogen-bond donors (Lipinski definition) is 1. The minimum atomic E-state index is -0.0174. The van der Waals surface area contributed by atoms with E-state index >= 15 is 0 Å². The summed E-state index contributed by atoms with van der Waals surface area (Å²) >= 11 is 7.20. The van der Waals surface area contributed by atoms with E-state index in [2.05, 4.69) is 24.0 Å². The van der Waals surface area contributed by atoms with Crippen molar-refractivity contribution < 1.29 is 5.11 Å². The summed E-state index contributed by atoms with van der Waals surface area (Å²) in [6, 6.07) is 8.28. The molecule has 0 saturated heterocycles. The van der Waals surface area contributed by atoms with E-state index in [0.29, 0.717) is 4.47 Å². The van der Waals surface area contributed by atoms with Gasteiger partial charge in [-0.2, -0.15) is 0 Å². The average Bonchev–Trinajstić information content (AvgIpc) is 2.72. The summed E-state index contributed by atoms with van der Waals surface area (Å²) in [6.45, 7) is 2.15. The Bertz CT molecular complexity index is 493. The van der Waals surface area contributed by atoms with E-state index in [-0.39, 0.29) is 6.61 Å². The number of thiazole rings is 1. The smallest absolute Gasteiger partial charge is 0.184 e. The van der Waals surface area contributed by atoms with Crippen molar-refractivity contribution >= 4 is 22.9 Å². The van der Waals surface area contributed by atoms with Crippen molar-refractivity contribution in [3.63, 3.8) is 0 Å². The van der Waals surface area contributed by atoms with Crippen LogP contribution < -0.4 is 0 Å². The Hall–Kier alpha value is -0.900. The molecule has 0 aliphatic carbocycles. The van der Waals surface area contributed by atoms with Crippen molar-refractivity contribution in [3.8, 4) is 11.3 Å². The number of aliphatic hydroxyl groups excluding tert-OH is 1. The third-order valence-corrected chi connectivity index (χ3v) is 3.73. The van der Waals surface area contributed by atoms with Gasteiger partial charge in [0.2, 0.25) is 0 Å². The highest BCUT2D eigenvalue weighted by molar-refractivity contribution is 7.16. The van der Waals surface area contributed by atoms with E-state index in [1.54, 1.807) is 0 Å². The summed E-state index contributed by atoms with van der Waals surface area (Å²) < 4.78 is 0.474. The van der Waals surface area contributed by atoms with E-state index in [9.17, 15) is 5.11 Å². The Morgan fingerprint density at radius 1 is 1.29 bits per heavy atom. The van der Waals surface area contributed by atoms with Crippen LogP contribution in [0, 0.1) is 0 Å². The predicted molar refractivity (Wildman–Crippen MR) is 72.5 cm³/mol. The molecule has 1 aromatic carbocycles. The minimum Gasteiger partial charge on any atom is -0.391 e. The minimum absolute atomic E-state index is 0.0174. The maximum absolute atomic E-state index is 9.24. The molecule has 0 saturated carbocycles. The Morgan fingerprint density at radius 3 is 2.59 bits per heavy atom. The molecule has 0 aliphatic heterocycles. The SMILES string of the molecule is CCCc1ccc(-c2nc(Cl)sc2CO)cc1. The van der Waals surface area contributed by atoms with Crippen LogP contribution in [0.4, 0.5) is 0 Å². The van der Waals surface area contributed by atoms with Crippen LogP contribution in [-0.2, 0) is 13.0 Å². The monoisotopic (exact) mass is 267 g/mol. The van der Waals surface area contributed by atoms with Crippen LogP contribution in [0.5, 0.6) is 0 Å². The molecule has 2 nitrogen and oxygen atoms in total. The molecule has 2 aromatic rings. The molecule has 0 unspecified atom stereocenters. The maximum atomic E-state index is 9.24. The maximum Gasteiger partial charge on any atom is 0.184 e. The number of halogens is 1. The van der Waals surface area contributed by atoms with E-state index in [0.717, 1.165) is 29.0 Å². The average molecular weight is 268 g/mol. The van der Waals surface area contributed by atoms with Gasteiger partial charge in [-0.1, -0.05) is 49.2 Å². The van der Waals surface area contributed by atoms with Crippen molar-refractivity contribution in [3.05, 3.63) is 39.2 Å². The molecule has 1 N–H and O–H groups in total. The van der Waals surface area contributed by atoms with E-state index < -0.39 is 0 Å². The van der Waals surface area contributed by atoms with Gasteiger partial charge in [-0.3, -0.25) is 0 Å².